The minimum atomic E-state index is -0.231. The van der Waals surface area contributed by atoms with Crippen LogP contribution in [0.2, 0.25) is 0 Å². The molecule has 0 aliphatic carbocycles. The van der Waals surface area contributed by atoms with Crippen molar-refractivity contribution in [2.45, 2.75) is 32.5 Å². The monoisotopic (exact) mass is 359 g/mol. The van der Waals surface area contributed by atoms with Gasteiger partial charge in [-0.1, -0.05) is 12.1 Å². The molecule has 1 fully saturated rings. The fraction of sp³-hybridized carbons (Fsp3) is 0.500. The van der Waals surface area contributed by atoms with Crippen LogP contribution < -0.4 is 5.69 Å². The molecule has 1 N–H and O–H groups in total. The Labute approximate surface area is 150 Å². The molecule has 8 heteroatoms. The number of benzene rings is 1. The standard InChI is InChI=1S/C18H22FN5O2/c19-15-5-1-3-13(9-15)10-22-6-2-4-14(11-22)17(25)23-7-8-24-16(12-23)20-21-18(24)26/h1,3,5,9,14H,2,4,6-8,10-12H2,(H,21,26). The van der Waals surface area contributed by atoms with E-state index in [2.05, 4.69) is 15.1 Å². The van der Waals surface area contributed by atoms with E-state index in [4.69, 9.17) is 0 Å². The molecule has 1 atom stereocenters. The Morgan fingerprint density at radius 1 is 1.31 bits per heavy atom. The van der Waals surface area contributed by atoms with E-state index in [1.54, 1.807) is 21.6 Å². The van der Waals surface area contributed by atoms with Crippen molar-refractivity contribution in [2.75, 3.05) is 19.6 Å². The summed E-state index contributed by atoms with van der Waals surface area (Å²) in [6, 6.07) is 6.62. The number of carbonyl (C=O) groups is 1. The van der Waals surface area contributed by atoms with Crippen molar-refractivity contribution >= 4 is 5.91 Å². The molecule has 0 bridgehead atoms. The lowest BCUT2D eigenvalue weighted by Gasteiger charge is -2.36. The maximum Gasteiger partial charge on any atom is 0.343 e. The van der Waals surface area contributed by atoms with Gasteiger partial charge in [-0.15, -0.1) is 0 Å². The third-order valence-corrected chi connectivity index (χ3v) is 5.22. The van der Waals surface area contributed by atoms with Crippen LogP contribution in [0.1, 0.15) is 24.2 Å². The van der Waals surface area contributed by atoms with E-state index in [9.17, 15) is 14.0 Å². The summed E-state index contributed by atoms with van der Waals surface area (Å²) in [5.41, 5.74) is 0.711. The van der Waals surface area contributed by atoms with Gasteiger partial charge in [-0.2, -0.15) is 5.10 Å². The number of hydrogen-bond donors (Lipinski definition) is 1. The zero-order valence-electron chi connectivity index (χ0n) is 14.5. The zero-order valence-corrected chi connectivity index (χ0v) is 14.5. The molecule has 3 heterocycles. The normalized spacial score (nSPS) is 20.8. The Hall–Kier alpha value is -2.48. The van der Waals surface area contributed by atoms with Gasteiger partial charge in [-0.25, -0.2) is 14.3 Å². The van der Waals surface area contributed by atoms with Crippen molar-refractivity contribution in [1.29, 1.82) is 0 Å². The van der Waals surface area contributed by atoms with Crippen LogP contribution in [-0.2, 0) is 24.4 Å². The summed E-state index contributed by atoms with van der Waals surface area (Å²) >= 11 is 0. The maximum atomic E-state index is 13.4. The lowest BCUT2D eigenvalue weighted by atomic mass is 9.95. The highest BCUT2D eigenvalue weighted by molar-refractivity contribution is 5.79. The van der Waals surface area contributed by atoms with Crippen molar-refractivity contribution in [2.24, 2.45) is 5.92 Å². The average Bonchev–Trinajstić information content (AvgIpc) is 3.02. The molecule has 1 unspecified atom stereocenters. The summed E-state index contributed by atoms with van der Waals surface area (Å²) in [5.74, 6) is 0.442. The summed E-state index contributed by atoms with van der Waals surface area (Å²) in [6.45, 7) is 3.64. The Balaban J connectivity index is 1.40. The molecule has 4 rings (SSSR count). The topological polar surface area (TPSA) is 74.2 Å². The SMILES string of the molecule is O=C(C1CCCN(Cc2cccc(F)c2)C1)N1CCn2c(n[nH]c2=O)C1. The minimum absolute atomic E-state index is 0.0606. The summed E-state index contributed by atoms with van der Waals surface area (Å²) < 4.78 is 15.0. The fourth-order valence-electron chi connectivity index (χ4n) is 3.91. The molecule has 26 heavy (non-hydrogen) atoms. The van der Waals surface area contributed by atoms with Crippen molar-refractivity contribution < 1.29 is 9.18 Å². The van der Waals surface area contributed by atoms with Crippen LogP contribution in [0.3, 0.4) is 0 Å². The molecule has 2 aliphatic heterocycles. The number of halogens is 1. The van der Waals surface area contributed by atoms with Gasteiger partial charge in [0.05, 0.1) is 12.5 Å². The van der Waals surface area contributed by atoms with Gasteiger partial charge in [-0.05, 0) is 37.1 Å². The number of rotatable bonds is 3. The predicted molar refractivity (Wildman–Crippen MR) is 92.7 cm³/mol. The van der Waals surface area contributed by atoms with E-state index < -0.39 is 0 Å². The number of likely N-dealkylation sites (tertiary alicyclic amines) is 1. The highest BCUT2D eigenvalue weighted by Crippen LogP contribution is 2.22. The number of piperidine rings is 1. The first-order valence-corrected chi connectivity index (χ1v) is 9.00. The van der Waals surface area contributed by atoms with E-state index in [1.165, 1.54) is 6.07 Å². The molecule has 7 nitrogen and oxygen atoms in total. The van der Waals surface area contributed by atoms with Crippen LogP contribution in [-0.4, -0.2) is 50.1 Å². The minimum Gasteiger partial charge on any atom is -0.333 e. The predicted octanol–water partition coefficient (Wildman–Crippen LogP) is 0.965. The summed E-state index contributed by atoms with van der Waals surface area (Å²) in [7, 11) is 0. The number of amides is 1. The van der Waals surface area contributed by atoms with Crippen molar-refractivity contribution in [3.8, 4) is 0 Å². The lowest BCUT2D eigenvalue weighted by molar-refractivity contribution is -0.139. The van der Waals surface area contributed by atoms with Crippen LogP contribution in [0, 0.1) is 11.7 Å². The van der Waals surface area contributed by atoms with Gasteiger partial charge in [-0.3, -0.25) is 14.3 Å². The maximum absolute atomic E-state index is 13.4. The second-order valence-corrected chi connectivity index (χ2v) is 7.06. The number of aromatic amines is 1. The number of hydrogen-bond acceptors (Lipinski definition) is 4. The smallest absolute Gasteiger partial charge is 0.333 e. The highest BCUT2D eigenvalue weighted by atomic mass is 19.1. The number of carbonyl (C=O) groups excluding carboxylic acids is 1. The second-order valence-electron chi connectivity index (χ2n) is 7.06. The quantitative estimate of drug-likeness (QED) is 0.886. The number of nitrogens with one attached hydrogen (secondary N) is 1. The van der Waals surface area contributed by atoms with Gasteiger partial charge < -0.3 is 4.90 Å². The average molecular weight is 359 g/mol. The van der Waals surface area contributed by atoms with E-state index in [-0.39, 0.29) is 23.3 Å². The Morgan fingerprint density at radius 3 is 3.04 bits per heavy atom. The molecular weight excluding hydrogens is 337 g/mol. The van der Waals surface area contributed by atoms with Gasteiger partial charge in [0.1, 0.15) is 5.82 Å². The zero-order chi connectivity index (χ0) is 18.1. The Bertz CT molecular complexity index is 861. The Kier molecular flexibility index (Phi) is 4.58. The molecule has 0 saturated carbocycles. The van der Waals surface area contributed by atoms with Gasteiger partial charge in [0.2, 0.25) is 5.91 Å². The first-order valence-electron chi connectivity index (χ1n) is 9.00. The molecule has 0 radical (unpaired) electrons. The third-order valence-electron chi connectivity index (χ3n) is 5.22. The van der Waals surface area contributed by atoms with Crippen molar-refractivity contribution in [3.63, 3.8) is 0 Å². The summed E-state index contributed by atoms with van der Waals surface area (Å²) in [5, 5.41) is 6.44. The molecule has 1 aromatic carbocycles. The second kappa shape index (κ2) is 7.03. The molecular formula is C18H22FN5O2. The summed E-state index contributed by atoms with van der Waals surface area (Å²) in [4.78, 5) is 28.5. The lowest BCUT2D eigenvalue weighted by Crippen LogP contribution is -2.47. The number of aromatic nitrogens is 3. The van der Waals surface area contributed by atoms with E-state index in [0.717, 1.165) is 24.9 Å². The first kappa shape index (κ1) is 17.0. The molecule has 2 aliphatic rings. The molecule has 1 amide bonds. The molecule has 0 spiro atoms. The molecule has 1 aromatic heterocycles. The van der Waals surface area contributed by atoms with Gasteiger partial charge in [0.25, 0.3) is 0 Å². The molecule has 138 valence electrons. The van der Waals surface area contributed by atoms with Gasteiger partial charge in [0.15, 0.2) is 5.82 Å². The highest BCUT2D eigenvalue weighted by Gasteiger charge is 2.31. The third kappa shape index (κ3) is 3.41. The Morgan fingerprint density at radius 2 is 2.19 bits per heavy atom. The number of fused-ring (bicyclic) bond motifs is 1. The summed E-state index contributed by atoms with van der Waals surface area (Å²) in [6.07, 6.45) is 1.81. The molecule has 2 aromatic rings. The van der Waals surface area contributed by atoms with Crippen LogP contribution in [0.4, 0.5) is 4.39 Å². The number of nitrogens with zero attached hydrogens (tertiary/aromatic N) is 4. The van der Waals surface area contributed by atoms with E-state index in [0.29, 0.717) is 38.5 Å². The van der Waals surface area contributed by atoms with E-state index >= 15 is 0 Å². The molecule has 1 saturated heterocycles. The van der Waals surface area contributed by atoms with E-state index in [1.807, 2.05) is 6.07 Å². The first-order chi connectivity index (χ1) is 12.6. The van der Waals surface area contributed by atoms with Crippen LogP contribution in [0.15, 0.2) is 29.1 Å². The fourth-order valence-corrected chi connectivity index (χ4v) is 3.91. The van der Waals surface area contributed by atoms with Crippen LogP contribution >= 0.6 is 0 Å². The van der Waals surface area contributed by atoms with Crippen LogP contribution in [0.25, 0.3) is 0 Å². The van der Waals surface area contributed by atoms with Crippen molar-refractivity contribution in [3.05, 3.63) is 52.0 Å². The van der Waals surface area contributed by atoms with Gasteiger partial charge >= 0.3 is 5.69 Å². The van der Waals surface area contributed by atoms with Crippen molar-refractivity contribution in [1.82, 2.24) is 24.6 Å². The van der Waals surface area contributed by atoms with Gasteiger partial charge in [0, 0.05) is 26.2 Å². The largest absolute Gasteiger partial charge is 0.343 e. The van der Waals surface area contributed by atoms with Crippen LogP contribution in [0.5, 0.6) is 0 Å². The number of H-pyrrole nitrogens is 1.